The van der Waals surface area contributed by atoms with Gasteiger partial charge in [0.15, 0.2) is 5.82 Å². The van der Waals surface area contributed by atoms with Crippen LogP contribution in [0.3, 0.4) is 0 Å². The summed E-state index contributed by atoms with van der Waals surface area (Å²) in [4.78, 5) is 37.7. The van der Waals surface area contributed by atoms with E-state index in [1.807, 2.05) is 24.5 Å². The highest BCUT2D eigenvalue weighted by atomic mass is 16.5. The van der Waals surface area contributed by atoms with Crippen LogP contribution in [0.25, 0.3) is 33.5 Å². The zero-order valence-electron chi connectivity index (χ0n) is 19.2. The number of aromatic amines is 1. The van der Waals surface area contributed by atoms with Gasteiger partial charge in [0.05, 0.1) is 24.0 Å². The maximum absolute atomic E-state index is 11.9. The average Bonchev–Trinajstić information content (AvgIpc) is 3.27. The Balaban J connectivity index is 0.00000289. The van der Waals surface area contributed by atoms with Crippen LogP contribution >= 0.6 is 0 Å². The van der Waals surface area contributed by atoms with Crippen molar-refractivity contribution in [2.45, 2.75) is 14.4 Å². The molecule has 0 aliphatic carbocycles. The van der Waals surface area contributed by atoms with Crippen molar-refractivity contribution in [3.8, 4) is 22.5 Å². The molecule has 3 aromatic heterocycles. The van der Waals surface area contributed by atoms with E-state index in [4.69, 9.17) is 4.74 Å². The van der Waals surface area contributed by atoms with Crippen LogP contribution in [0.1, 0.15) is 14.4 Å². The lowest BCUT2D eigenvalue weighted by molar-refractivity contribution is 0.167. The summed E-state index contributed by atoms with van der Waals surface area (Å²) in [6.07, 6.45) is 6.58. The number of rotatable bonds is 5. The highest BCUT2D eigenvalue weighted by Gasteiger charge is 2.18. The molecule has 0 unspecified atom stereocenters. The van der Waals surface area contributed by atoms with Crippen LogP contribution in [0.2, 0.25) is 0 Å². The molecule has 0 bridgehead atoms. The number of hydrogen-bond donors (Lipinski definition) is 2. The van der Waals surface area contributed by atoms with Crippen LogP contribution in [0.4, 0.5) is 16.4 Å². The Labute approximate surface area is 204 Å². The second kappa shape index (κ2) is 10.5. The van der Waals surface area contributed by atoms with Crippen LogP contribution in [0.5, 0.6) is 0 Å². The first-order chi connectivity index (χ1) is 16.6. The second-order valence-electron chi connectivity index (χ2n) is 8.15. The van der Waals surface area contributed by atoms with Gasteiger partial charge in [0.1, 0.15) is 5.52 Å². The molecule has 10 heteroatoms. The number of hydrogen-bond acceptors (Lipinski definition) is 8. The fourth-order valence-electron chi connectivity index (χ4n) is 4.04. The van der Waals surface area contributed by atoms with Crippen LogP contribution in [0, 0.1) is 0 Å². The SMILES string of the molecule is C.CCOC(=O)Nc1nc2c(-c3ncccn3)cc(-c3cncc(N4CCN(C)CC4)c3)cc2[nH]1. The third-order valence-electron chi connectivity index (χ3n) is 5.81. The summed E-state index contributed by atoms with van der Waals surface area (Å²) in [6, 6.07) is 7.93. The minimum absolute atomic E-state index is 0. The van der Waals surface area contributed by atoms with Crippen molar-refractivity contribution in [1.29, 1.82) is 0 Å². The van der Waals surface area contributed by atoms with Crippen LogP contribution in [-0.4, -0.2) is 75.7 Å². The smallest absolute Gasteiger partial charge is 0.413 e. The fourth-order valence-corrected chi connectivity index (χ4v) is 4.04. The summed E-state index contributed by atoms with van der Waals surface area (Å²) >= 11 is 0. The van der Waals surface area contributed by atoms with Gasteiger partial charge in [0, 0.05) is 55.9 Å². The molecule has 1 aromatic carbocycles. The second-order valence-corrected chi connectivity index (χ2v) is 8.15. The molecule has 1 aliphatic heterocycles. The van der Waals surface area contributed by atoms with Crippen molar-refractivity contribution in [3.63, 3.8) is 0 Å². The van der Waals surface area contributed by atoms with E-state index in [0.29, 0.717) is 17.3 Å². The number of aromatic nitrogens is 5. The van der Waals surface area contributed by atoms with Crippen LogP contribution in [-0.2, 0) is 4.74 Å². The first-order valence-electron chi connectivity index (χ1n) is 11.2. The van der Waals surface area contributed by atoms with E-state index in [1.54, 1.807) is 25.4 Å². The maximum atomic E-state index is 11.9. The topological polar surface area (TPSA) is 112 Å². The van der Waals surface area contributed by atoms with Crippen molar-refractivity contribution >= 4 is 28.8 Å². The number of pyridine rings is 1. The highest BCUT2D eigenvalue weighted by Crippen LogP contribution is 2.33. The lowest BCUT2D eigenvalue weighted by Gasteiger charge is -2.34. The highest BCUT2D eigenvalue weighted by molar-refractivity contribution is 5.97. The van der Waals surface area contributed by atoms with E-state index >= 15 is 0 Å². The monoisotopic (exact) mass is 474 g/mol. The molecule has 4 aromatic rings. The summed E-state index contributed by atoms with van der Waals surface area (Å²) in [5.41, 5.74) is 5.18. The molecule has 0 spiro atoms. The normalized spacial score (nSPS) is 13.9. The minimum atomic E-state index is -0.566. The molecule has 0 atom stereocenters. The van der Waals surface area contributed by atoms with Gasteiger partial charge in [0.25, 0.3) is 0 Å². The number of carbonyl (C=O) groups is 1. The van der Waals surface area contributed by atoms with E-state index in [1.165, 1.54) is 0 Å². The Morgan fingerprint density at radius 3 is 2.60 bits per heavy atom. The molecule has 182 valence electrons. The number of anilines is 2. The summed E-state index contributed by atoms with van der Waals surface area (Å²) in [6.45, 7) is 6.00. The Bertz CT molecular complexity index is 1300. The number of nitrogens with one attached hydrogen (secondary N) is 2. The number of benzene rings is 1. The number of nitrogens with zero attached hydrogens (tertiary/aromatic N) is 6. The number of piperazine rings is 1. The first-order valence-corrected chi connectivity index (χ1v) is 11.2. The molecule has 1 fully saturated rings. The zero-order chi connectivity index (χ0) is 23.5. The lowest BCUT2D eigenvalue weighted by atomic mass is 10.0. The fraction of sp³-hybridized carbons (Fsp3) is 0.320. The standard InChI is InChI=1S/C24H26N8O2.CH4/c1-3-34-24(33)30-23-28-20-13-16(12-19(21(20)29-23)22-26-5-4-6-27-22)17-11-18(15-25-14-17)32-9-7-31(2)8-10-32;/h4-6,11-15H,3,7-10H2,1-2H3,(H2,28,29,30,33);1H4. The predicted molar refractivity (Wildman–Crippen MR) is 137 cm³/mol. The Morgan fingerprint density at radius 2 is 1.86 bits per heavy atom. The molecule has 1 amide bonds. The number of imidazole rings is 1. The maximum Gasteiger partial charge on any atom is 0.413 e. The van der Waals surface area contributed by atoms with Crippen LogP contribution < -0.4 is 10.2 Å². The number of H-pyrrole nitrogens is 1. The average molecular weight is 475 g/mol. The lowest BCUT2D eigenvalue weighted by Crippen LogP contribution is -2.44. The number of likely N-dealkylation sites (N-methyl/N-ethyl adjacent to an activating group) is 1. The van der Waals surface area contributed by atoms with E-state index in [-0.39, 0.29) is 14.0 Å². The molecule has 0 saturated carbocycles. The van der Waals surface area contributed by atoms with Crippen LogP contribution in [0.15, 0.2) is 49.1 Å². The molecule has 2 N–H and O–H groups in total. The molecule has 5 rings (SSSR count). The van der Waals surface area contributed by atoms with Gasteiger partial charge in [-0.2, -0.15) is 0 Å². The molecule has 0 radical (unpaired) electrons. The van der Waals surface area contributed by atoms with Gasteiger partial charge in [0.2, 0.25) is 5.95 Å². The van der Waals surface area contributed by atoms with Crippen molar-refractivity contribution in [2.75, 3.05) is 50.1 Å². The molecule has 10 nitrogen and oxygen atoms in total. The first kappa shape index (κ1) is 24.1. The van der Waals surface area contributed by atoms with E-state index in [2.05, 4.69) is 53.2 Å². The molecular formula is C25H30N8O2. The van der Waals surface area contributed by atoms with Gasteiger partial charge >= 0.3 is 6.09 Å². The summed E-state index contributed by atoms with van der Waals surface area (Å²) in [7, 11) is 2.14. The van der Waals surface area contributed by atoms with Gasteiger partial charge in [-0.05, 0) is 43.8 Å². The van der Waals surface area contributed by atoms with E-state index in [0.717, 1.165) is 54.1 Å². The summed E-state index contributed by atoms with van der Waals surface area (Å²) in [5.74, 6) is 0.846. The van der Waals surface area contributed by atoms with E-state index in [9.17, 15) is 4.79 Å². The molecule has 4 heterocycles. The third kappa shape index (κ3) is 5.22. The van der Waals surface area contributed by atoms with Crippen molar-refractivity contribution in [1.82, 2.24) is 29.8 Å². The molecule has 35 heavy (non-hydrogen) atoms. The van der Waals surface area contributed by atoms with Crippen molar-refractivity contribution < 1.29 is 9.53 Å². The quantitative estimate of drug-likeness (QED) is 0.446. The van der Waals surface area contributed by atoms with Gasteiger partial charge in [-0.15, -0.1) is 0 Å². The number of carbonyl (C=O) groups excluding carboxylic acids is 1. The Hall–Kier alpha value is -4.05. The van der Waals surface area contributed by atoms with Gasteiger partial charge < -0.3 is 19.5 Å². The number of ether oxygens (including phenoxy) is 1. The minimum Gasteiger partial charge on any atom is -0.450 e. The zero-order valence-corrected chi connectivity index (χ0v) is 19.2. The van der Waals surface area contributed by atoms with Gasteiger partial charge in [-0.1, -0.05) is 7.43 Å². The van der Waals surface area contributed by atoms with Crippen molar-refractivity contribution in [3.05, 3.63) is 49.1 Å². The largest absolute Gasteiger partial charge is 0.450 e. The molecule has 1 aliphatic rings. The third-order valence-corrected chi connectivity index (χ3v) is 5.81. The van der Waals surface area contributed by atoms with E-state index < -0.39 is 6.09 Å². The summed E-state index contributed by atoms with van der Waals surface area (Å²) in [5, 5.41) is 2.63. The Morgan fingerprint density at radius 1 is 1.09 bits per heavy atom. The summed E-state index contributed by atoms with van der Waals surface area (Å²) < 4.78 is 4.98. The van der Waals surface area contributed by atoms with Crippen molar-refractivity contribution in [2.24, 2.45) is 0 Å². The van der Waals surface area contributed by atoms with Gasteiger partial charge in [-0.3, -0.25) is 10.3 Å². The number of amides is 1. The molecule has 1 saturated heterocycles. The predicted octanol–water partition coefficient (Wildman–Crippen LogP) is 4.04. The number of fused-ring (bicyclic) bond motifs is 1. The molecular weight excluding hydrogens is 444 g/mol. The van der Waals surface area contributed by atoms with Gasteiger partial charge in [-0.25, -0.2) is 19.7 Å². The Kier molecular flexibility index (Phi) is 7.21.